The van der Waals surface area contributed by atoms with Gasteiger partial charge in [0.05, 0.1) is 19.8 Å². The number of nitrogens with zero attached hydrogens (tertiary/aromatic N) is 3. The number of unbranched alkanes of at least 4 members (excludes halogenated alkanes) is 3. The Bertz CT molecular complexity index is 987. The van der Waals surface area contributed by atoms with Crippen LogP contribution in [0.5, 0.6) is 17.4 Å². The predicted molar refractivity (Wildman–Crippen MR) is 113 cm³/mol. The topological polar surface area (TPSA) is 96.8 Å². The van der Waals surface area contributed by atoms with Gasteiger partial charge in [0.15, 0.2) is 0 Å². The van der Waals surface area contributed by atoms with Gasteiger partial charge in [-0.15, -0.1) is 0 Å². The zero-order valence-corrected chi connectivity index (χ0v) is 17.4. The normalized spacial score (nSPS) is 10.9. The third kappa shape index (κ3) is 4.96. The molecule has 154 valence electrons. The maximum Gasteiger partial charge on any atom is 0.271 e. The first-order valence-corrected chi connectivity index (χ1v) is 9.61. The monoisotopic (exact) mass is 397 g/mol. The van der Waals surface area contributed by atoms with Crippen LogP contribution in [0.2, 0.25) is 0 Å². The van der Waals surface area contributed by atoms with Crippen molar-refractivity contribution in [2.75, 3.05) is 14.2 Å². The molecule has 0 radical (unpaired) electrons. The predicted octanol–water partition coefficient (Wildman–Crippen LogP) is 4.08. The Labute approximate surface area is 170 Å². The van der Waals surface area contributed by atoms with Gasteiger partial charge in [-0.1, -0.05) is 26.2 Å². The van der Waals surface area contributed by atoms with Gasteiger partial charge in [-0.25, -0.2) is 0 Å². The lowest BCUT2D eigenvalue weighted by Crippen LogP contribution is -2.25. The molecule has 0 aliphatic heterocycles. The number of ether oxygens (including phenoxy) is 2. The summed E-state index contributed by atoms with van der Waals surface area (Å²) < 4.78 is 11.8. The minimum atomic E-state index is -0.477. The van der Waals surface area contributed by atoms with E-state index in [-0.39, 0.29) is 11.4 Å². The highest BCUT2D eigenvalue weighted by atomic mass is 16.5. The number of aromatic nitrogens is 1. The van der Waals surface area contributed by atoms with Gasteiger partial charge in [0.2, 0.25) is 5.88 Å². The highest BCUT2D eigenvalue weighted by Crippen LogP contribution is 2.32. The molecule has 0 saturated carbocycles. The van der Waals surface area contributed by atoms with E-state index in [0.717, 1.165) is 25.7 Å². The van der Waals surface area contributed by atoms with Crippen LogP contribution in [-0.4, -0.2) is 30.1 Å². The fourth-order valence-electron chi connectivity index (χ4n) is 3.06. The number of benzene rings is 1. The van der Waals surface area contributed by atoms with E-state index in [1.54, 1.807) is 32.2 Å². The Morgan fingerprint density at radius 1 is 1.24 bits per heavy atom. The molecule has 1 N–H and O–H groups in total. The lowest BCUT2D eigenvalue weighted by Gasteiger charge is -2.14. The minimum Gasteiger partial charge on any atom is -0.497 e. The zero-order chi connectivity index (χ0) is 21.4. The van der Waals surface area contributed by atoms with Crippen molar-refractivity contribution in [2.45, 2.75) is 46.1 Å². The third-order valence-corrected chi connectivity index (χ3v) is 4.80. The maximum atomic E-state index is 12.6. The maximum absolute atomic E-state index is 12.6. The molecule has 2 aromatic rings. The van der Waals surface area contributed by atoms with E-state index < -0.39 is 5.56 Å². The van der Waals surface area contributed by atoms with Crippen molar-refractivity contribution < 1.29 is 14.6 Å². The molecule has 0 amide bonds. The van der Waals surface area contributed by atoms with Crippen LogP contribution in [0.1, 0.15) is 49.3 Å². The van der Waals surface area contributed by atoms with Crippen molar-refractivity contribution in [1.29, 1.82) is 5.26 Å². The Hall–Kier alpha value is -3.27. The van der Waals surface area contributed by atoms with Gasteiger partial charge < -0.3 is 14.6 Å². The van der Waals surface area contributed by atoms with Crippen LogP contribution in [0, 0.1) is 18.3 Å². The number of hydrogen-bond acceptors (Lipinski definition) is 6. The molecule has 0 unspecified atom stereocenters. The molecule has 0 aliphatic rings. The summed E-state index contributed by atoms with van der Waals surface area (Å²) in [6.07, 6.45) is 5.26. The molecule has 0 atom stereocenters. The van der Waals surface area contributed by atoms with Crippen LogP contribution < -0.4 is 15.0 Å². The molecule has 1 aromatic carbocycles. The summed E-state index contributed by atoms with van der Waals surface area (Å²) in [5, 5.41) is 20.2. The number of aliphatic imine (C=N–C) groups is 1. The van der Waals surface area contributed by atoms with Crippen molar-refractivity contribution in [2.24, 2.45) is 4.99 Å². The van der Waals surface area contributed by atoms with Gasteiger partial charge in [0, 0.05) is 18.8 Å². The summed E-state index contributed by atoms with van der Waals surface area (Å²) in [6.45, 7) is 4.08. The van der Waals surface area contributed by atoms with Gasteiger partial charge in [0.1, 0.15) is 28.8 Å². The lowest BCUT2D eigenvalue weighted by molar-refractivity contribution is 0.397. The molecule has 1 heterocycles. The van der Waals surface area contributed by atoms with Crippen LogP contribution in [0.3, 0.4) is 0 Å². The SMILES string of the molecule is CCCCCCn1c(O)c(C=Nc2cc(OC)ccc2OC)c(C)c(C#N)c1=O. The molecule has 1 aromatic heterocycles. The largest absolute Gasteiger partial charge is 0.497 e. The van der Waals surface area contributed by atoms with E-state index in [0.29, 0.717) is 34.9 Å². The molecule has 7 heteroatoms. The molecule has 2 rings (SSSR count). The van der Waals surface area contributed by atoms with Crippen molar-refractivity contribution in [3.05, 3.63) is 45.2 Å². The first kappa shape index (κ1) is 22.0. The van der Waals surface area contributed by atoms with Crippen LogP contribution >= 0.6 is 0 Å². The smallest absolute Gasteiger partial charge is 0.271 e. The molecule has 0 spiro atoms. The van der Waals surface area contributed by atoms with Gasteiger partial charge in [-0.3, -0.25) is 14.4 Å². The van der Waals surface area contributed by atoms with E-state index in [2.05, 4.69) is 11.9 Å². The number of nitriles is 1. The second kappa shape index (κ2) is 10.3. The number of pyridine rings is 1. The number of methoxy groups -OCH3 is 2. The van der Waals surface area contributed by atoms with Crippen LogP contribution in [0.15, 0.2) is 28.0 Å². The Morgan fingerprint density at radius 2 is 2.00 bits per heavy atom. The van der Waals surface area contributed by atoms with Gasteiger partial charge in [-0.05, 0) is 31.0 Å². The first-order chi connectivity index (χ1) is 14.0. The van der Waals surface area contributed by atoms with E-state index in [1.807, 2.05) is 6.07 Å². The molecular formula is C22H27N3O4. The van der Waals surface area contributed by atoms with Gasteiger partial charge >= 0.3 is 0 Å². The Kier molecular flexibility index (Phi) is 7.84. The molecule has 7 nitrogen and oxygen atoms in total. The van der Waals surface area contributed by atoms with Crippen molar-refractivity contribution in [3.63, 3.8) is 0 Å². The van der Waals surface area contributed by atoms with Crippen LogP contribution in [0.4, 0.5) is 5.69 Å². The molecule has 0 aliphatic carbocycles. The molecule has 0 bridgehead atoms. The summed E-state index contributed by atoms with van der Waals surface area (Å²) >= 11 is 0. The second-order valence-corrected chi connectivity index (χ2v) is 6.66. The highest BCUT2D eigenvalue weighted by Gasteiger charge is 2.18. The number of aromatic hydroxyl groups is 1. The average Bonchev–Trinajstić information content (AvgIpc) is 2.73. The minimum absolute atomic E-state index is 0.0114. The molecule has 0 fully saturated rings. The number of hydrogen-bond donors (Lipinski definition) is 1. The molecule has 29 heavy (non-hydrogen) atoms. The van der Waals surface area contributed by atoms with Crippen molar-refractivity contribution >= 4 is 11.9 Å². The molecular weight excluding hydrogens is 370 g/mol. The average molecular weight is 397 g/mol. The summed E-state index contributed by atoms with van der Waals surface area (Å²) in [4.78, 5) is 17.0. The Morgan fingerprint density at radius 3 is 2.62 bits per heavy atom. The van der Waals surface area contributed by atoms with Gasteiger partial charge in [0.25, 0.3) is 5.56 Å². The standard InChI is InChI=1S/C22H27N3O4/c1-5-6-7-8-11-25-21(26)17(13-23)15(2)18(22(25)27)14-24-19-12-16(28-3)9-10-20(19)29-4/h9-10,12,14,27H,5-8,11H2,1-4H3. The quantitative estimate of drug-likeness (QED) is 0.508. The third-order valence-electron chi connectivity index (χ3n) is 4.80. The highest BCUT2D eigenvalue weighted by molar-refractivity contribution is 5.88. The summed E-state index contributed by atoms with van der Waals surface area (Å²) in [7, 11) is 3.09. The van der Waals surface area contributed by atoms with Crippen molar-refractivity contribution in [3.8, 4) is 23.4 Å². The molecule has 0 saturated heterocycles. The summed E-state index contributed by atoms with van der Waals surface area (Å²) in [5.74, 6) is 0.957. The fourth-order valence-corrected chi connectivity index (χ4v) is 3.06. The van der Waals surface area contributed by atoms with E-state index in [9.17, 15) is 15.2 Å². The van der Waals surface area contributed by atoms with Crippen LogP contribution in [0.25, 0.3) is 0 Å². The van der Waals surface area contributed by atoms with E-state index in [4.69, 9.17) is 9.47 Å². The Balaban J connectivity index is 2.51. The zero-order valence-electron chi connectivity index (χ0n) is 17.4. The lowest BCUT2D eigenvalue weighted by atomic mass is 10.1. The number of rotatable bonds is 9. The van der Waals surface area contributed by atoms with E-state index >= 15 is 0 Å². The van der Waals surface area contributed by atoms with E-state index in [1.165, 1.54) is 17.9 Å². The fraction of sp³-hybridized carbons (Fsp3) is 0.409. The second-order valence-electron chi connectivity index (χ2n) is 6.66. The van der Waals surface area contributed by atoms with Gasteiger partial charge in [-0.2, -0.15) is 5.26 Å². The van der Waals surface area contributed by atoms with Crippen LogP contribution in [-0.2, 0) is 6.54 Å². The summed E-state index contributed by atoms with van der Waals surface area (Å²) in [6, 6.07) is 7.15. The first-order valence-electron chi connectivity index (χ1n) is 9.61. The van der Waals surface area contributed by atoms with Crippen molar-refractivity contribution in [1.82, 2.24) is 4.57 Å². The summed E-state index contributed by atoms with van der Waals surface area (Å²) in [5.41, 5.74) is 0.768.